The first kappa shape index (κ1) is 13.4. The fourth-order valence-corrected chi connectivity index (χ4v) is 1.54. The van der Waals surface area contributed by atoms with Crippen molar-refractivity contribution in [2.45, 2.75) is 38.2 Å². The van der Waals surface area contributed by atoms with Crippen LogP contribution >= 0.6 is 12.2 Å². The van der Waals surface area contributed by atoms with Gasteiger partial charge in [0.2, 0.25) is 5.91 Å². The minimum absolute atomic E-state index is 0.0931. The molecule has 0 aliphatic heterocycles. The molecule has 1 amide bonds. The van der Waals surface area contributed by atoms with Gasteiger partial charge in [-0.25, -0.2) is 0 Å². The molecule has 0 radical (unpaired) electrons. The molecular formula is C11H20N2O2S. The lowest BCUT2D eigenvalue weighted by Gasteiger charge is -2.25. The molecule has 16 heavy (non-hydrogen) atoms. The molecule has 0 aromatic rings. The number of carbonyl (C=O) groups excluding carboxylic acids is 1. The van der Waals surface area contributed by atoms with Crippen LogP contribution in [0.1, 0.15) is 32.1 Å². The molecular weight excluding hydrogens is 224 g/mol. The largest absolute Gasteiger partial charge is 0.393 e. The second kappa shape index (κ2) is 6.81. The Morgan fingerprint density at radius 3 is 2.69 bits per heavy atom. The van der Waals surface area contributed by atoms with Crippen molar-refractivity contribution < 1.29 is 9.53 Å². The summed E-state index contributed by atoms with van der Waals surface area (Å²) >= 11 is 4.76. The minimum Gasteiger partial charge on any atom is -0.393 e. The fourth-order valence-electron chi connectivity index (χ4n) is 1.44. The third kappa shape index (κ3) is 4.90. The molecule has 0 atom stereocenters. The van der Waals surface area contributed by atoms with Gasteiger partial charge >= 0.3 is 0 Å². The van der Waals surface area contributed by atoms with Crippen LogP contribution in [-0.4, -0.2) is 42.1 Å². The summed E-state index contributed by atoms with van der Waals surface area (Å²) in [5.74, 6) is 0.0931. The van der Waals surface area contributed by atoms with Gasteiger partial charge in [0.15, 0.2) is 0 Å². The molecule has 0 spiro atoms. The summed E-state index contributed by atoms with van der Waals surface area (Å²) in [5.41, 5.74) is 5.38. The van der Waals surface area contributed by atoms with Gasteiger partial charge in [-0.2, -0.15) is 0 Å². The van der Waals surface area contributed by atoms with Crippen molar-refractivity contribution in [1.82, 2.24) is 4.90 Å². The van der Waals surface area contributed by atoms with Gasteiger partial charge in [0.1, 0.15) is 0 Å². The van der Waals surface area contributed by atoms with Crippen LogP contribution in [0.5, 0.6) is 0 Å². The van der Waals surface area contributed by atoms with E-state index in [9.17, 15) is 4.79 Å². The average Bonchev–Trinajstić information content (AvgIpc) is 2.17. The summed E-state index contributed by atoms with van der Waals surface area (Å²) in [6.45, 7) is 1.12. The highest BCUT2D eigenvalue weighted by Gasteiger charge is 2.18. The molecule has 1 saturated carbocycles. The van der Waals surface area contributed by atoms with E-state index in [1.54, 1.807) is 11.9 Å². The number of nitrogens with two attached hydrogens (primary N) is 1. The molecule has 0 aromatic heterocycles. The highest BCUT2D eigenvalue weighted by molar-refractivity contribution is 7.80. The van der Waals surface area contributed by atoms with Gasteiger partial charge < -0.3 is 15.4 Å². The average molecular weight is 244 g/mol. The number of nitrogens with zero attached hydrogens (tertiary/aromatic N) is 1. The van der Waals surface area contributed by atoms with E-state index >= 15 is 0 Å². The van der Waals surface area contributed by atoms with E-state index < -0.39 is 0 Å². The number of rotatable bonds is 7. The van der Waals surface area contributed by atoms with Crippen LogP contribution in [0.25, 0.3) is 0 Å². The first-order valence-electron chi connectivity index (χ1n) is 5.73. The lowest BCUT2D eigenvalue weighted by molar-refractivity contribution is -0.131. The monoisotopic (exact) mass is 244 g/mol. The zero-order chi connectivity index (χ0) is 12.0. The highest BCUT2D eigenvalue weighted by atomic mass is 32.1. The van der Waals surface area contributed by atoms with Crippen molar-refractivity contribution in [2.24, 2.45) is 5.73 Å². The topological polar surface area (TPSA) is 55.6 Å². The summed E-state index contributed by atoms with van der Waals surface area (Å²) in [5, 5.41) is 0. The van der Waals surface area contributed by atoms with Crippen LogP contribution in [-0.2, 0) is 9.53 Å². The van der Waals surface area contributed by atoms with E-state index in [0.717, 1.165) is 12.8 Å². The van der Waals surface area contributed by atoms with Crippen molar-refractivity contribution in [2.75, 3.05) is 20.2 Å². The van der Waals surface area contributed by atoms with Crippen molar-refractivity contribution in [3.05, 3.63) is 0 Å². The lowest BCUT2D eigenvalue weighted by atomic mass is 9.96. The summed E-state index contributed by atoms with van der Waals surface area (Å²) in [6, 6.07) is 0. The van der Waals surface area contributed by atoms with Crippen molar-refractivity contribution >= 4 is 23.1 Å². The van der Waals surface area contributed by atoms with Crippen molar-refractivity contribution in [3.8, 4) is 0 Å². The Labute approximate surface area is 102 Å². The third-order valence-electron chi connectivity index (χ3n) is 2.84. The van der Waals surface area contributed by atoms with Crippen LogP contribution < -0.4 is 5.73 Å². The Balaban J connectivity index is 2.05. The summed E-state index contributed by atoms with van der Waals surface area (Å²) in [7, 11) is 1.77. The van der Waals surface area contributed by atoms with Crippen LogP contribution in [0, 0.1) is 0 Å². The fraction of sp³-hybridized carbons (Fsp3) is 0.818. The number of thiocarbonyl (C=S) groups is 1. The molecule has 0 bridgehead atoms. The van der Waals surface area contributed by atoms with E-state index in [1.807, 2.05) is 0 Å². The third-order valence-corrected chi connectivity index (χ3v) is 3.05. The Morgan fingerprint density at radius 2 is 2.19 bits per heavy atom. The second-order valence-corrected chi connectivity index (χ2v) is 4.73. The van der Waals surface area contributed by atoms with E-state index in [-0.39, 0.29) is 5.91 Å². The van der Waals surface area contributed by atoms with E-state index in [2.05, 4.69) is 0 Å². The smallest absolute Gasteiger partial charge is 0.224 e. The van der Waals surface area contributed by atoms with Gasteiger partial charge in [0, 0.05) is 20.0 Å². The highest BCUT2D eigenvalue weighted by Crippen LogP contribution is 2.21. The minimum atomic E-state index is 0.0931. The molecule has 4 nitrogen and oxygen atoms in total. The predicted molar refractivity (Wildman–Crippen MR) is 67.2 cm³/mol. The van der Waals surface area contributed by atoms with E-state index in [0.29, 0.717) is 37.1 Å². The maximum atomic E-state index is 11.6. The Hall–Kier alpha value is -0.680. The molecule has 1 fully saturated rings. The first-order valence-corrected chi connectivity index (χ1v) is 6.14. The second-order valence-electron chi connectivity index (χ2n) is 4.21. The lowest BCUT2D eigenvalue weighted by Crippen LogP contribution is -2.31. The Morgan fingerprint density at radius 1 is 1.50 bits per heavy atom. The summed E-state index contributed by atoms with van der Waals surface area (Å²) in [6.07, 6.45) is 4.98. The zero-order valence-corrected chi connectivity index (χ0v) is 10.6. The molecule has 2 N–H and O–H groups in total. The van der Waals surface area contributed by atoms with Crippen LogP contribution in [0.2, 0.25) is 0 Å². The molecule has 1 aliphatic carbocycles. The number of hydrogen-bond donors (Lipinski definition) is 1. The van der Waals surface area contributed by atoms with Crippen molar-refractivity contribution in [1.29, 1.82) is 0 Å². The number of amides is 1. The zero-order valence-electron chi connectivity index (χ0n) is 9.78. The van der Waals surface area contributed by atoms with Gasteiger partial charge in [-0.1, -0.05) is 12.2 Å². The normalized spacial score (nSPS) is 15.6. The molecule has 0 aromatic carbocycles. The first-order chi connectivity index (χ1) is 7.59. The maximum absolute atomic E-state index is 11.6. The van der Waals surface area contributed by atoms with Crippen LogP contribution in [0.4, 0.5) is 0 Å². The van der Waals surface area contributed by atoms with Gasteiger partial charge in [-0.05, 0) is 19.3 Å². The van der Waals surface area contributed by atoms with Crippen LogP contribution in [0.3, 0.4) is 0 Å². The summed E-state index contributed by atoms with van der Waals surface area (Å²) < 4.78 is 5.53. The maximum Gasteiger partial charge on any atom is 0.224 e. The summed E-state index contributed by atoms with van der Waals surface area (Å²) in [4.78, 5) is 13.7. The van der Waals surface area contributed by atoms with E-state index in [1.165, 1.54) is 6.42 Å². The van der Waals surface area contributed by atoms with Crippen LogP contribution in [0.15, 0.2) is 0 Å². The Bertz CT molecular complexity index is 254. The molecule has 1 aliphatic rings. The van der Waals surface area contributed by atoms with Gasteiger partial charge in [0.25, 0.3) is 0 Å². The quantitative estimate of drug-likeness (QED) is 0.681. The van der Waals surface area contributed by atoms with E-state index in [4.69, 9.17) is 22.7 Å². The molecule has 0 heterocycles. The van der Waals surface area contributed by atoms with Gasteiger partial charge in [-0.3, -0.25) is 4.79 Å². The molecule has 0 unspecified atom stereocenters. The molecule has 5 heteroatoms. The standard InChI is InChI=1S/C11H20N2O2S/c1-13(7-5-10(12)16)11(14)6-8-15-9-3-2-4-9/h9H,2-8H2,1H3,(H2,12,16). The van der Waals surface area contributed by atoms with Gasteiger partial charge in [0.05, 0.1) is 24.1 Å². The molecule has 92 valence electrons. The molecule has 1 rings (SSSR count). The molecule has 0 saturated heterocycles. The number of carbonyl (C=O) groups is 1. The Kier molecular flexibility index (Phi) is 5.69. The predicted octanol–water partition coefficient (Wildman–Crippen LogP) is 1.08. The number of ether oxygens (including phenoxy) is 1. The SMILES string of the molecule is CN(CCC(N)=S)C(=O)CCOC1CCC1. The number of hydrogen-bond acceptors (Lipinski definition) is 3. The van der Waals surface area contributed by atoms with Crippen molar-refractivity contribution in [3.63, 3.8) is 0 Å². The van der Waals surface area contributed by atoms with Gasteiger partial charge in [-0.15, -0.1) is 0 Å².